The molecule has 0 saturated heterocycles. The second-order valence-corrected chi connectivity index (χ2v) is 6.49. The largest absolute Gasteiger partial charge is 0.357 e. The van der Waals surface area contributed by atoms with E-state index in [1.165, 1.54) is 27.8 Å². The van der Waals surface area contributed by atoms with Gasteiger partial charge in [0.05, 0.1) is 0 Å². The number of aliphatic imine (C=N–C) groups is 1. The van der Waals surface area contributed by atoms with Gasteiger partial charge in [-0.25, -0.2) is 0 Å². The molecule has 0 unspecified atom stereocenters. The molecule has 134 valence electrons. The Balaban J connectivity index is 1.86. The Morgan fingerprint density at radius 2 is 1.80 bits per heavy atom. The average Bonchev–Trinajstić information content (AvgIpc) is 2.56. The summed E-state index contributed by atoms with van der Waals surface area (Å²) in [6.45, 7) is 11.0. The predicted molar refractivity (Wildman–Crippen MR) is 106 cm³/mol. The van der Waals surface area contributed by atoms with E-state index in [2.05, 4.69) is 67.6 Å². The minimum absolute atomic E-state index is 0.768. The highest BCUT2D eigenvalue weighted by atomic mass is 15.2. The fourth-order valence-corrected chi connectivity index (χ4v) is 2.95. The Bertz CT molecular complexity index is 687. The number of guanidine groups is 1. The summed E-state index contributed by atoms with van der Waals surface area (Å²) in [6, 6.07) is 8.80. The van der Waals surface area contributed by atoms with Crippen LogP contribution in [0, 0.1) is 20.8 Å². The first kappa shape index (κ1) is 19.0. The molecule has 1 aromatic carbocycles. The molecule has 0 amide bonds. The molecule has 2 aromatic rings. The Hall–Kier alpha value is -2.36. The van der Waals surface area contributed by atoms with Gasteiger partial charge in [0.2, 0.25) is 0 Å². The lowest BCUT2D eigenvalue weighted by Crippen LogP contribution is -2.38. The third-order valence-electron chi connectivity index (χ3n) is 4.12. The van der Waals surface area contributed by atoms with E-state index < -0.39 is 0 Å². The number of pyridine rings is 1. The van der Waals surface area contributed by atoms with E-state index in [1.54, 1.807) is 0 Å². The molecular formula is C21H30N4. The molecule has 1 heterocycles. The summed E-state index contributed by atoms with van der Waals surface area (Å²) in [5.74, 6) is 0.888. The number of aromatic nitrogens is 1. The Kier molecular flexibility index (Phi) is 7.45. The SMILES string of the molecule is CCNC(=NCCc1ccncc1C)NCCc1cc(C)cc(C)c1. The van der Waals surface area contributed by atoms with Gasteiger partial charge in [0.1, 0.15) is 0 Å². The van der Waals surface area contributed by atoms with Gasteiger partial charge in [-0.15, -0.1) is 0 Å². The van der Waals surface area contributed by atoms with E-state index in [-0.39, 0.29) is 0 Å². The van der Waals surface area contributed by atoms with Gasteiger partial charge in [0.15, 0.2) is 5.96 Å². The van der Waals surface area contributed by atoms with Crippen LogP contribution in [-0.2, 0) is 12.8 Å². The Morgan fingerprint density at radius 3 is 2.48 bits per heavy atom. The zero-order valence-corrected chi connectivity index (χ0v) is 15.9. The summed E-state index contributed by atoms with van der Waals surface area (Å²) in [4.78, 5) is 8.83. The minimum Gasteiger partial charge on any atom is -0.357 e. The summed E-state index contributed by atoms with van der Waals surface area (Å²) in [7, 11) is 0. The van der Waals surface area contributed by atoms with Gasteiger partial charge in [0, 0.05) is 32.0 Å². The zero-order chi connectivity index (χ0) is 18.1. The van der Waals surface area contributed by atoms with E-state index >= 15 is 0 Å². The summed E-state index contributed by atoms with van der Waals surface area (Å²) in [5, 5.41) is 6.75. The van der Waals surface area contributed by atoms with Gasteiger partial charge in [-0.3, -0.25) is 9.98 Å². The van der Waals surface area contributed by atoms with Crippen LogP contribution >= 0.6 is 0 Å². The molecule has 0 aliphatic heterocycles. The van der Waals surface area contributed by atoms with Crippen molar-refractivity contribution in [3.05, 3.63) is 64.5 Å². The Morgan fingerprint density at radius 1 is 1.04 bits per heavy atom. The first-order valence-electron chi connectivity index (χ1n) is 9.07. The summed E-state index contributed by atoms with van der Waals surface area (Å²) in [5.41, 5.74) is 6.55. The molecule has 0 radical (unpaired) electrons. The number of hydrogen-bond acceptors (Lipinski definition) is 2. The molecule has 0 atom stereocenters. The molecule has 0 fully saturated rings. The van der Waals surface area contributed by atoms with Crippen molar-refractivity contribution in [2.24, 2.45) is 4.99 Å². The van der Waals surface area contributed by atoms with Crippen molar-refractivity contribution < 1.29 is 0 Å². The molecule has 0 bridgehead atoms. The van der Waals surface area contributed by atoms with Crippen molar-refractivity contribution in [1.29, 1.82) is 0 Å². The van der Waals surface area contributed by atoms with Crippen LogP contribution in [-0.4, -0.2) is 30.6 Å². The molecule has 2 rings (SSSR count). The quantitative estimate of drug-likeness (QED) is 0.601. The van der Waals surface area contributed by atoms with Crippen LogP contribution in [0.25, 0.3) is 0 Å². The van der Waals surface area contributed by atoms with Gasteiger partial charge in [-0.1, -0.05) is 29.3 Å². The number of nitrogens with zero attached hydrogens (tertiary/aromatic N) is 2. The molecule has 0 spiro atoms. The van der Waals surface area contributed by atoms with E-state index in [1.807, 2.05) is 12.4 Å². The fraction of sp³-hybridized carbons (Fsp3) is 0.429. The number of nitrogens with one attached hydrogen (secondary N) is 2. The second kappa shape index (κ2) is 9.82. The monoisotopic (exact) mass is 338 g/mol. The van der Waals surface area contributed by atoms with Crippen molar-refractivity contribution in [2.45, 2.75) is 40.5 Å². The van der Waals surface area contributed by atoms with Gasteiger partial charge in [-0.05, 0) is 63.3 Å². The van der Waals surface area contributed by atoms with Gasteiger partial charge in [-0.2, -0.15) is 0 Å². The lowest BCUT2D eigenvalue weighted by molar-refractivity contribution is 0.795. The maximum atomic E-state index is 4.69. The molecule has 4 heteroatoms. The van der Waals surface area contributed by atoms with Crippen molar-refractivity contribution in [3.63, 3.8) is 0 Å². The van der Waals surface area contributed by atoms with Crippen LogP contribution in [0.1, 0.15) is 34.7 Å². The standard InChI is InChI=1S/C21H30N4/c1-5-23-21(25-11-8-20-7-9-22-15-18(20)4)24-10-6-19-13-16(2)12-17(3)14-19/h7,9,12-15H,5-6,8,10-11H2,1-4H3,(H2,23,24,25). The van der Waals surface area contributed by atoms with Crippen LogP contribution in [0.5, 0.6) is 0 Å². The number of benzene rings is 1. The third-order valence-corrected chi connectivity index (χ3v) is 4.12. The summed E-state index contributed by atoms with van der Waals surface area (Å²) in [6.07, 6.45) is 5.68. The lowest BCUT2D eigenvalue weighted by Gasteiger charge is -2.12. The molecule has 0 saturated carbocycles. The molecule has 0 aliphatic carbocycles. The lowest BCUT2D eigenvalue weighted by atomic mass is 10.1. The van der Waals surface area contributed by atoms with Crippen molar-refractivity contribution in [1.82, 2.24) is 15.6 Å². The second-order valence-electron chi connectivity index (χ2n) is 6.49. The molecule has 25 heavy (non-hydrogen) atoms. The highest BCUT2D eigenvalue weighted by molar-refractivity contribution is 5.79. The molecule has 4 nitrogen and oxygen atoms in total. The number of aryl methyl sites for hydroxylation is 3. The van der Waals surface area contributed by atoms with E-state index in [9.17, 15) is 0 Å². The Labute approximate surface area is 151 Å². The molecule has 2 N–H and O–H groups in total. The topological polar surface area (TPSA) is 49.3 Å². The summed E-state index contributed by atoms with van der Waals surface area (Å²) >= 11 is 0. The van der Waals surface area contributed by atoms with Crippen LogP contribution < -0.4 is 10.6 Å². The first-order chi connectivity index (χ1) is 12.1. The van der Waals surface area contributed by atoms with E-state index in [4.69, 9.17) is 4.99 Å². The van der Waals surface area contributed by atoms with Crippen molar-refractivity contribution in [3.8, 4) is 0 Å². The van der Waals surface area contributed by atoms with Gasteiger partial charge < -0.3 is 10.6 Å². The molecule has 0 aliphatic rings. The van der Waals surface area contributed by atoms with Crippen LogP contribution in [0.3, 0.4) is 0 Å². The third kappa shape index (κ3) is 6.57. The minimum atomic E-state index is 0.768. The normalized spacial score (nSPS) is 11.4. The fourth-order valence-electron chi connectivity index (χ4n) is 2.95. The highest BCUT2D eigenvalue weighted by Crippen LogP contribution is 2.09. The smallest absolute Gasteiger partial charge is 0.191 e. The van der Waals surface area contributed by atoms with Gasteiger partial charge >= 0.3 is 0 Å². The van der Waals surface area contributed by atoms with Crippen molar-refractivity contribution >= 4 is 5.96 Å². The highest BCUT2D eigenvalue weighted by Gasteiger charge is 2.01. The number of rotatable bonds is 7. The van der Waals surface area contributed by atoms with Crippen LogP contribution in [0.4, 0.5) is 0 Å². The average molecular weight is 338 g/mol. The maximum Gasteiger partial charge on any atom is 0.191 e. The predicted octanol–water partition coefficient (Wildman–Crippen LogP) is 3.35. The molecular weight excluding hydrogens is 308 g/mol. The molecule has 1 aromatic heterocycles. The maximum absolute atomic E-state index is 4.69. The van der Waals surface area contributed by atoms with Crippen molar-refractivity contribution in [2.75, 3.05) is 19.6 Å². The summed E-state index contributed by atoms with van der Waals surface area (Å²) < 4.78 is 0. The van der Waals surface area contributed by atoms with Crippen LogP contribution in [0.15, 0.2) is 41.7 Å². The van der Waals surface area contributed by atoms with E-state index in [0.717, 1.165) is 38.4 Å². The van der Waals surface area contributed by atoms with Gasteiger partial charge in [0.25, 0.3) is 0 Å². The van der Waals surface area contributed by atoms with E-state index in [0.29, 0.717) is 0 Å². The first-order valence-corrected chi connectivity index (χ1v) is 9.07. The zero-order valence-electron chi connectivity index (χ0n) is 15.9. The number of hydrogen-bond donors (Lipinski definition) is 2. The van der Waals surface area contributed by atoms with Crippen LogP contribution in [0.2, 0.25) is 0 Å².